The molecule has 30 heavy (non-hydrogen) atoms. The zero-order valence-corrected chi connectivity index (χ0v) is 16.5. The third-order valence-corrected chi connectivity index (χ3v) is 5.64. The maximum absolute atomic E-state index is 12.5. The zero-order valence-electron chi connectivity index (χ0n) is 16.5. The highest BCUT2D eigenvalue weighted by Crippen LogP contribution is 2.35. The Morgan fingerprint density at radius 1 is 1.07 bits per heavy atom. The number of imidazole rings is 1. The normalized spacial score (nSPS) is 12.0. The molecule has 1 aliphatic carbocycles. The first-order valence-electron chi connectivity index (χ1n) is 10.3. The van der Waals surface area contributed by atoms with Crippen LogP contribution in [0.4, 0.5) is 5.82 Å². The van der Waals surface area contributed by atoms with E-state index >= 15 is 0 Å². The number of nitrogens with zero attached hydrogens (tertiary/aromatic N) is 2. The molecular formula is C24H22N4O2. The van der Waals surface area contributed by atoms with Crippen molar-refractivity contribution < 1.29 is 4.79 Å². The van der Waals surface area contributed by atoms with E-state index in [2.05, 4.69) is 33.5 Å². The van der Waals surface area contributed by atoms with Gasteiger partial charge in [0.2, 0.25) is 11.6 Å². The number of benzene rings is 2. The van der Waals surface area contributed by atoms with E-state index in [0.29, 0.717) is 24.3 Å². The second-order valence-electron chi connectivity index (χ2n) is 7.65. The second kappa shape index (κ2) is 7.63. The van der Waals surface area contributed by atoms with Crippen LogP contribution in [0.15, 0.2) is 65.6 Å². The van der Waals surface area contributed by atoms with Crippen molar-refractivity contribution in [3.05, 3.63) is 88.0 Å². The number of unbranched alkanes of at least 4 members (excludes halogenated alkanes) is 1. The lowest BCUT2D eigenvalue weighted by molar-refractivity contribution is -0.116. The minimum atomic E-state index is -0.256. The van der Waals surface area contributed by atoms with Crippen molar-refractivity contribution >= 4 is 17.4 Å². The summed E-state index contributed by atoms with van der Waals surface area (Å²) in [5.41, 5.74) is 5.27. The number of aryl methyl sites for hydroxylation is 1. The highest BCUT2D eigenvalue weighted by Gasteiger charge is 2.24. The molecule has 0 aliphatic heterocycles. The fourth-order valence-corrected chi connectivity index (χ4v) is 4.18. The first-order chi connectivity index (χ1) is 14.7. The summed E-state index contributed by atoms with van der Waals surface area (Å²) < 4.78 is 1.79. The number of hydrogen-bond acceptors (Lipinski definition) is 3. The van der Waals surface area contributed by atoms with Gasteiger partial charge < -0.3 is 10.3 Å². The van der Waals surface area contributed by atoms with Crippen LogP contribution in [0.5, 0.6) is 0 Å². The number of aromatic amines is 1. The zero-order chi connectivity index (χ0) is 20.5. The predicted molar refractivity (Wildman–Crippen MR) is 117 cm³/mol. The average molecular weight is 398 g/mol. The topological polar surface area (TPSA) is 79.3 Å². The number of anilines is 1. The van der Waals surface area contributed by atoms with Crippen molar-refractivity contribution in [2.45, 2.75) is 32.1 Å². The van der Waals surface area contributed by atoms with Gasteiger partial charge in [-0.05, 0) is 30.4 Å². The van der Waals surface area contributed by atoms with Crippen LogP contribution in [0.1, 0.15) is 36.1 Å². The number of H-pyrrole nitrogens is 1. The lowest BCUT2D eigenvalue weighted by Crippen LogP contribution is -2.17. The summed E-state index contributed by atoms with van der Waals surface area (Å²) in [6.45, 7) is 0. The summed E-state index contributed by atoms with van der Waals surface area (Å²) in [6.07, 6.45) is 5.41. The first kappa shape index (κ1) is 18.4. The lowest BCUT2D eigenvalue weighted by Gasteiger charge is -2.09. The van der Waals surface area contributed by atoms with E-state index in [0.717, 1.165) is 41.8 Å². The molecule has 150 valence electrons. The van der Waals surface area contributed by atoms with E-state index in [-0.39, 0.29) is 11.5 Å². The van der Waals surface area contributed by atoms with Crippen molar-refractivity contribution in [1.82, 2.24) is 14.4 Å². The molecule has 2 aromatic carbocycles. The Hall–Kier alpha value is -3.67. The number of fused-ring (bicyclic) bond motifs is 5. The number of nitrogens with one attached hydrogen (secondary N) is 2. The smallest absolute Gasteiger partial charge is 0.292 e. The van der Waals surface area contributed by atoms with E-state index < -0.39 is 0 Å². The van der Waals surface area contributed by atoms with Crippen LogP contribution >= 0.6 is 0 Å². The maximum Gasteiger partial charge on any atom is 0.292 e. The van der Waals surface area contributed by atoms with E-state index in [4.69, 9.17) is 0 Å². The molecule has 0 saturated heterocycles. The molecule has 0 fully saturated rings. The minimum absolute atomic E-state index is 0.0607. The molecule has 2 heterocycles. The molecule has 6 heteroatoms. The Balaban J connectivity index is 1.32. The van der Waals surface area contributed by atoms with Gasteiger partial charge in [-0.15, -0.1) is 0 Å². The Morgan fingerprint density at radius 3 is 2.73 bits per heavy atom. The molecule has 0 bridgehead atoms. The third kappa shape index (κ3) is 3.30. The molecule has 0 atom stereocenters. The molecule has 0 unspecified atom stereocenters. The van der Waals surface area contributed by atoms with Crippen LogP contribution in [0, 0.1) is 0 Å². The van der Waals surface area contributed by atoms with Crippen molar-refractivity contribution in [1.29, 1.82) is 0 Å². The third-order valence-electron chi connectivity index (χ3n) is 5.64. The van der Waals surface area contributed by atoms with Gasteiger partial charge in [0.1, 0.15) is 5.82 Å². The molecule has 0 spiro atoms. The van der Waals surface area contributed by atoms with Crippen LogP contribution in [-0.2, 0) is 17.6 Å². The second-order valence-corrected chi connectivity index (χ2v) is 7.65. The van der Waals surface area contributed by atoms with Gasteiger partial charge in [-0.25, -0.2) is 4.98 Å². The van der Waals surface area contributed by atoms with Crippen molar-refractivity contribution in [2.24, 2.45) is 0 Å². The van der Waals surface area contributed by atoms with Gasteiger partial charge in [0.15, 0.2) is 0 Å². The molecule has 0 radical (unpaired) electrons. The van der Waals surface area contributed by atoms with E-state index in [1.54, 1.807) is 10.6 Å². The summed E-state index contributed by atoms with van der Waals surface area (Å²) in [7, 11) is 0. The Labute approximate surface area is 173 Å². The lowest BCUT2D eigenvalue weighted by atomic mass is 10.1. The summed E-state index contributed by atoms with van der Waals surface area (Å²) in [6, 6.07) is 18.3. The van der Waals surface area contributed by atoms with Crippen LogP contribution in [0.2, 0.25) is 0 Å². The highest BCUT2D eigenvalue weighted by atomic mass is 16.1. The van der Waals surface area contributed by atoms with Gasteiger partial charge in [-0.3, -0.25) is 14.0 Å². The van der Waals surface area contributed by atoms with Crippen molar-refractivity contribution in [3.63, 3.8) is 0 Å². The Kier molecular flexibility index (Phi) is 4.67. The molecule has 6 nitrogen and oxygen atoms in total. The van der Waals surface area contributed by atoms with E-state index in [1.165, 1.54) is 5.56 Å². The minimum Gasteiger partial charge on any atom is -0.317 e. The molecule has 1 aliphatic rings. The Morgan fingerprint density at radius 2 is 1.87 bits per heavy atom. The number of hydrogen-bond donors (Lipinski definition) is 2. The summed E-state index contributed by atoms with van der Waals surface area (Å²) in [4.78, 5) is 32.3. The molecule has 1 amide bonds. The van der Waals surface area contributed by atoms with Gasteiger partial charge in [-0.2, -0.15) is 0 Å². The average Bonchev–Trinajstić information content (AvgIpc) is 3.34. The quantitative estimate of drug-likeness (QED) is 0.425. The van der Waals surface area contributed by atoms with Crippen molar-refractivity contribution in [2.75, 3.05) is 5.32 Å². The fourth-order valence-electron chi connectivity index (χ4n) is 4.18. The predicted octanol–water partition coefficient (Wildman–Crippen LogP) is 3.95. The van der Waals surface area contributed by atoms with Crippen LogP contribution in [0.3, 0.4) is 0 Å². The number of aromatic nitrogens is 3. The van der Waals surface area contributed by atoms with Crippen LogP contribution in [0.25, 0.3) is 16.9 Å². The first-order valence-corrected chi connectivity index (χ1v) is 10.3. The number of carbonyl (C=O) groups excluding carboxylic acids is 1. The molecule has 2 aromatic heterocycles. The van der Waals surface area contributed by atoms with Crippen LogP contribution in [-0.4, -0.2) is 20.3 Å². The summed E-state index contributed by atoms with van der Waals surface area (Å²) in [5, 5.41) is 2.96. The number of amides is 1. The van der Waals surface area contributed by atoms with E-state index in [9.17, 15) is 9.59 Å². The van der Waals surface area contributed by atoms with Gasteiger partial charge in [0, 0.05) is 18.4 Å². The van der Waals surface area contributed by atoms with Gasteiger partial charge >= 0.3 is 0 Å². The van der Waals surface area contributed by atoms with Gasteiger partial charge in [-0.1, -0.05) is 54.6 Å². The monoisotopic (exact) mass is 398 g/mol. The number of carbonyl (C=O) groups is 1. The highest BCUT2D eigenvalue weighted by molar-refractivity contribution is 5.90. The fraction of sp³-hybridized carbons (Fsp3) is 0.208. The SMILES string of the molecule is O=C(CCCCc1ccccc1)Nc1cnc2c(=O)[nH]c3c(n12)Cc1ccccc1-3. The molecule has 0 saturated carbocycles. The largest absolute Gasteiger partial charge is 0.317 e. The standard InChI is InChI=1S/C24H22N4O2/c29-21(13-7-4-10-16-8-2-1-3-9-16)26-20-15-25-23-24(30)27-22-18-12-6-5-11-17(18)14-19(22)28(20)23/h1-3,5-6,8-9,11-12,15H,4,7,10,13-14H2,(H,26,29)(H,27,30). The molecular weight excluding hydrogens is 376 g/mol. The van der Waals surface area contributed by atoms with Crippen molar-refractivity contribution in [3.8, 4) is 11.3 Å². The summed E-state index contributed by atoms with van der Waals surface area (Å²) in [5.74, 6) is 0.489. The Bertz CT molecular complexity index is 1290. The molecule has 4 aromatic rings. The van der Waals surface area contributed by atoms with Crippen LogP contribution < -0.4 is 10.9 Å². The number of rotatable bonds is 6. The molecule has 2 N–H and O–H groups in total. The molecule has 5 rings (SSSR count). The van der Waals surface area contributed by atoms with Gasteiger partial charge in [0.25, 0.3) is 5.56 Å². The maximum atomic E-state index is 12.5. The summed E-state index contributed by atoms with van der Waals surface area (Å²) >= 11 is 0. The van der Waals surface area contributed by atoms with E-state index in [1.807, 2.05) is 36.4 Å². The van der Waals surface area contributed by atoms with Gasteiger partial charge in [0.05, 0.1) is 17.6 Å².